The zero-order valence-electron chi connectivity index (χ0n) is 17.8. The minimum atomic E-state index is -0.339. The van der Waals surface area contributed by atoms with E-state index in [0.29, 0.717) is 17.3 Å². The minimum Gasteiger partial charge on any atom is -0.497 e. The van der Waals surface area contributed by atoms with Gasteiger partial charge in [0.15, 0.2) is 6.04 Å². The Morgan fingerprint density at radius 3 is 2.23 bits per heavy atom. The molecule has 0 bridgehead atoms. The lowest BCUT2D eigenvalue weighted by atomic mass is 9.94. The fourth-order valence-corrected chi connectivity index (χ4v) is 5.09. The van der Waals surface area contributed by atoms with E-state index in [2.05, 4.69) is 4.90 Å². The molecule has 1 N–H and O–H groups in total. The van der Waals surface area contributed by atoms with Crippen LogP contribution in [0.3, 0.4) is 0 Å². The van der Waals surface area contributed by atoms with Crippen LogP contribution < -0.4 is 14.5 Å². The van der Waals surface area contributed by atoms with Crippen molar-refractivity contribution in [3.63, 3.8) is 0 Å². The molecule has 0 spiro atoms. The second-order valence-corrected chi connectivity index (χ2v) is 8.69. The van der Waals surface area contributed by atoms with Crippen LogP contribution in [-0.2, 0) is 14.4 Å². The van der Waals surface area contributed by atoms with Gasteiger partial charge in [0.1, 0.15) is 5.75 Å². The lowest BCUT2D eigenvalue weighted by molar-refractivity contribution is -0.920. The zero-order chi connectivity index (χ0) is 21.1. The molecule has 7 nitrogen and oxygen atoms in total. The minimum absolute atomic E-state index is 0.0664. The first kappa shape index (κ1) is 20.8. The average Bonchev–Trinajstić information content (AvgIpc) is 2.94. The van der Waals surface area contributed by atoms with E-state index >= 15 is 0 Å². The van der Waals surface area contributed by atoms with Gasteiger partial charge in [-0.25, -0.2) is 4.90 Å². The molecule has 7 heteroatoms. The monoisotopic (exact) mass is 414 g/mol. The van der Waals surface area contributed by atoms with Gasteiger partial charge in [-0.3, -0.25) is 14.4 Å². The number of benzene rings is 1. The highest BCUT2D eigenvalue weighted by Gasteiger charge is 2.47. The number of nitrogens with one attached hydrogen (secondary N) is 1. The number of amides is 3. The summed E-state index contributed by atoms with van der Waals surface area (Å²) in [5, 5.41) is 0. The molecule has 3 amide bonds. The molecule has 3 fully saturated rings. The SMILES string of the molecule is COc1ccc(N2C(=O)C[C@H]([NH+]3CCC(C(=O)N4CCCCCC4)CC3)C2=O)cc1. The van der Waals surface area contributed by atoms with Crippen molar-refractivity contribution in [3.8, 4) is 5.75 Å². The molecular weight excluding hydrogens is 382 g/mol. The number of quaternary nitrogens is 1. The van der Waals surface area contributed by atoms with Gasteiger partial charge >= 0.3 is 0 Å². The molecule has 0 aliphatic carbocycles. The third-order valence-electron chi connectivity index (χ3n) is 6.86. The number of methoxy groups -OCH3 is 1. The van der Waals surface area contributed by atoms with Crippen molar-refractivity contribution >= 4 is 23.4 Å². The van der Waals surface area contributed by atoms with Crippen LogP contribution in [-0.4, -0.2) is 62.0 Å². The van der Waals surface area contributed by atoms with Gasteiger partial charge in [-0.2, -0.15) is 0 Å². The summed E-state index contributed by atoms with van der Waals surface area (Å²) < 4.78 is 5.16. The lowest BCUT2D eigenvalue weighted by Crippen LogP contribution is -3.17. The van der Waals surface area contributed by atoms with E-state index in [1.165, 1.54) is 17.7 Å². The average molecular weight is 415 g/mol. The molecule has 0 radical (unpaired) electrons. The fourth-order valence-electron chi connectivity index (χ4n) is 5.09. The molecule has 3 saturated heterocycles. The number of carbonyl (C=O) groups is 3. The van der Waals surface area contributed by atoms with Gasteiger partial charge in [-0.05, 0) is 37.1 Å². The van der Waals surface area contributed by atoms with Crippen molar-refractivity contribution in [1.82, 2.24) is 4.90 Å². The maximum atomic E-state index is 13.0. The number of piperidine rings is 1. The Labute approximate surface area is 177 Å². The summed E-state index contributed by atoms with van der Waals surface area (Å²) in [5.74, 6) is 0.778. The Morgan fingerprint density at radius 1 is 1.00 bits per heavy atom. The van der Waals surface area contributed by atoms with E-state index in [0.717, 1.165) is 56.8 Å². The van der Waals surface area contributed by atoms with Crippen LogP contribution in [0.5, 0.6) is 5.75 Å². The Bertz CT molecular complexity index is 778. The number of hydrogen-bond acceptors (Lipinski definition) is 4. The van der Waals surface area contributed by atoms with Gasteiger partial charge < -0.3 is 14.5 Å². The smallest absolute Gasteiger partial charge is 0.292 e. The molecule has 1 aromatic carbocycles. The molecule has 162 valence electrons. The number of anilines is 1. The largest absolute Gasteiger partial charge is 0.497 e. The number of carbonyl (C=O) groups excluding carboxylic acids is 3. The van der Waals surface area contributed by atoms with Gasteiger partial charge in [0.25, 0.3) is 5.91 Å². The molecule has 30 heavy (non-hydrogen) atoms. The first-order valence-corrected chi connectivity index (χ1v) is 11.2. The second kappa shape index (κ2) is 9.16. The van der Waals surface area contributed by atoms with E-state index in [9.17, 15) is 14.4 Å². The number of rotatable bonds is 4. The maximum absolute atomic E-state index is 13.0. The van der Waals surface area contributed by atoms with E-state index in [1.807, 2.05) is 0 Å². The molecule has 4 rings (SSSR count). The number of ether oxygens (including phenoxy) is 1. The molecule has 0 aromatic heterocycles. The second-order valence-electron chi connectivity index (χ2n) is 8.69. The van der Waals surface area contributed by atoms with Crippen LogP contribution >= 0.6 is 0 Å². The Kier molecular flexibility index (Phi) is 6.37. The van der Waals surface area contributed by atoms with Crippen molar-refractivity contribution < 1.29 is 24.0 Å². The van der Waals surface area contributed by atoms with Crippen LogP contribution in [0.4, 0.5) is 5.69 Å². The quantitative estimate of drug-likeness (QED) is 0.747. The zero-order valence-corrected chi connectivity index (χ0v) is 17.8. The predicted molar refractivity (Wildman–Crippen MR) is 112 cm³/mol. The first-order valence-electron chi connectivity index (χ1n) is 11.2. The van der Waals surface area contributed by atoms with Crippen molar-refractivity contribution in [1.29, 1.82) is 0 Å². The van der Waals surface area contributed by atoms with Crippen LogP contribution in [0.15, 0.2) is 24.3 Å². The van der Waals surface area contributed by atoms with E-state index in [1.54, 1.807) is 31.4 Å². The summed E-state index contributed by atoms with van der Waals surface area (Å²) in [7, 11) is 1.59. The number of hydrogen-bond donors (Lipinski definition) is 1. The van der Waals surface area contributed by atoms with Crippen molar-refractivity contribution in [2.75, 3.05) is 38.2 Å². The third kappa shape index (κ3) is 4.21. The topological polar surface area (TPSA) is 71.4 Å². The summed E-state index contributed by atoms with van der Waals surface area (Å²) in [6, 6.07) is 6.68. The highest BCUT2D eigenvalue weighted by atomic mass is 16.5. The Morgan fingerprint density at radius 2 is 1.63 bits per heavy atom. The number of imide groups is 1. The molecule has 3 aliphatic heterocycles. The molecule has 1 atom stereocenters. The van der Waals surface area contributed by atoms with E-state index < -0.39 is 0 Å². The van der Waals surface area contributed by atoms with Crippen molar-refractivity contribution in [2.45, 2.75) is 51.0 Å². The number of likely N-dealkylation sites (tertiary alicyclic amines) is 2. The first-order chi connectivity index (χ1) is 14.6. The summed E-state index contributed by atoms with van der Waals surface area (Å²) in [5.41, 5.74) is 0.596. The standard InChI is InChI=1S/C23H31N3O4/c1-30-19-8-6-18(7-9-19)26-21(27)16-20(23(26)29)24-14-10-17(11-15-24)22(28)25-12-4-2-3-5-13-25/h6-9,17,20H,2-5,10-16H2,1H3/p+1/t20-/m0/s1. The van der Waals surface area contributed by atoms with Crippen LogP contribution in [0.2, 0.25) is 0 Å². The van der Waals surface area contributed by atoms with E-state index in [4.69, 9.17) is 4.74 Å². The fraction of sp³-hybridized carbons (Fsp3) is 0.609. The van der Waals surface area contributed by atoms with Crippen molar-refractivity contribution in [2.24, 2.45) is 5.92 Å². The third-order valence-corrected chi connectivity index (χ3v) is 6.86. The van der Waals surface area contributed by atoms with Gasteiger partial charge in [-0.15, -0.1) is 0 Å². The number of nitrogens with zero attached hydrogens (tertiary/aromatic N) is 2. The summed E-state index contributed by atoms with van der Waals surface area (Å²) in [4.78, 5) is 43.1. The highest BCUT2D eigenvalue weighted by molar-refractivity contribution is 6.21. The summed E-state index contributed by atoms with van der Waals surface area (Å²) in [6.45, 7) is 3.31. The van der Waals surface area contributed by atoms with Gasteiger partial charge in [0.05, 0.1) is 32.3 Å². The predicted octanol–water partition coefficient (Wildman–Crippen LogP) is 1.02. The van der Waals surface area contributed by atoms with Crippen LogP contribution in [0.1, 0.15) is 44.9 Å². The van der Waals surface area contributed by atoms with Crippen LogP contribution in [0, 0.1) is 5.92 Å². The molecule has 3 heterocycles. The lowest BCUT2D eigenvalue weighted by Gasteiger charge is -2.33. The van der Waals surface area contributed by atoms with Gasteiger partial charge in [0.2, 0.25) is 11.8 Å². The Hall–Kier alpha value is -2.41. The van der Waals surface area contributed by atoms with E-state index in [-0.39, 0.29) is 30.2 Å². The molecule has 1 aromatic rings. The van der Waals surface area contributed by atoms with Gasteiger partial charge in [0, 0.05) is 31.8 Å². The molecule has 3 aliphatic rings. The summed E-state index contributed by atoms with van der Waals surface area (Å²) >= 11 is 0. The summed E-state index contributed by atoms with van der Waals surface area (Å²) in [6.07, 6.45) is 6.48. The van der Waals surface area contributed by atoms with Gasteiger partial charge in [-0.1, -0.05) is 12.8 Å². The Balaban J connectivity index is 1.36. The molecule has 0 saturated carbocycles. The highest BCUT2D eigenvalue weighted by Crippen LogP contribution is 2.25. The molecule has 0 unspecified atom stereocenters. The van der Waals surface area contributed by atoms with Crippen LogP contribution in [0.25, 0.3) is 0 Å². The maximum Gasteiger partial charge on any atom is 0.292 e. The molecular formula is C23H32N3O4+. The normalized spacial score (nSPS) is 27.8. The van der Waals surface area contributed by atoms with Crippen molar-refractivity contribution in [3.05, 3.63) is 24.3 Å².